The van der Waals surface area contributed by atoms with Crippen molar-refractivity contribution in [1.82, 2.24) is 34.9 Å². The molecule has 3 aromatic carbocycles. The Balaban J connectivity index is 1.42. The van der Waals surface area contributed by atoms with Crippen LogP contribution in [0, 0.1) is 0 Å². The third-order valence-electron chi connectivity index (χ3n) is 5.99. The number of hydrogen-bond donors (Lipinski definition) is 0. The van der Waals surface area contributed by atoms with Gasteiger partial charge in [-0.2, -0.15) is 4.80 Å². The fourth-order valence-corrected chi connectivity index (χ4v) is 4.29. The molecule has 7 rings (SSSR count). The third-order valence-corrected chi connectivity index (χ3v) is 5.99. The van der Waals surface area contributed by atoms with Gasteiger partial charge in [0.1, 0.15) is 16.7 Å². The van der Waals surface area contributed by atoms with Crippen LogP contribution in [-0.2, 0) is 0 Å². The molecule has 0 unspecified atom stereocenters. The van der Waals surface area contributed by atoms with Crippen LogP contribution < -0.4 is 0 Å². The second-order valence-electron chi connectivity index (χ2n) is 8.17. The van der Waals surface area contributed by atoms with Crippen molar-refractivity contribution >= 4 is 32.8 Å². The highest BCUT2D eigenvalue weighted by Gasteiger charge is 2.14. The summed E-state index contributed by atoms with van der Waals surface area (Å²) in [6, 6.07) is 29.9. The molecule has 7 heteroatoms. The Hall–Kier alpha value is -5.04. The molecule has 0 fully saturated rings. The molecule has 35 heavy (non-hydrogen) atoms. The molecule has 7 aromatic rings. The van der Waals surface area contributed by atoms with Crippen molar-refractivity contribution in [1.29, 1.82) is 0 Å². The molecule has 0 atom stereocenters. The van der Waals surface area contributed by atoms with Crippen molar-refractivity contribution in [3.8, 4) is 28.5 Å². The maximum atomic E-state index is 5.06. The van der Waals surface area contributed by atoms with Gasteiger partial charge in [0, 0.05) is 28.7 Å². The van der Waals surface area contributed by atoms with Crippen molar-refractivity contribution in [2.75, 3.05) is 0 Å². The summed E-state index contributed by atoms with van der Waals surface area (Å²) in [4.78, 5) is 20.3. The molecule has 0 saturated carbocycles. The van der Waals surface area contributed by atoms with Crippen LogP contribution >= 0.6 is 0 Å². The minimum atomic E-state index is 0.588. The highest BCUT2D eigenvalue weighted by Crippen LogP contribution is 2.30. The maximum Gasteiger partial charge on any atom is 0.178 e. The van der Waals surface area contributed by atoms with Gasteiger partial charge in [-0.15, -0.1) is 10.2 Å². The molecule has 0 radical (unpaired) electrons. The first-order valence-corrected chi connectivity index (χ1v) is 11.2. The summed E-state index contributed by atoms with van der Waals surface area (Å²) in [7, 11) is 0. The average Bonchev–Trinajstić information content (AvgIpc) is 3.38. The predicted molar refractivity (Wildman–Crippen MR) is 136 cm³/mol. The number of aromatic nitrogens is 7. The number of hydrogen-bond acceptors (Lipinski definition) is 6. The van der Waals surface area contributed by atoms with Gasteiger partial charge in [-0.05, 0) is 36.4 Å². The molecule has 0 N–H and O–H groups in total. The molecule has 0 aliphatic rings. The molecule has 0 spiro atoms. The van der Waals surface area contributed by atoms with Gasteiger partial charge in [-0.25, -0.2) is 19.9 Å². The summed E-state index contributed by atoms with van der Waals surface area (Å²) in [6.07, 6.45) is 3.44. The zero-order valence-corrected chi connectivity index (χ0v) is 18.4. The van der Waals surface area contributed by atoms with Crippen molar-refractivity contribution in [3.05, 3.63) is 103 Å². The molecule has 0 amide bonds. The predicted octanol–water partition coefficient (Wildman–Crippen LogP) is 5.64. The van der Waals surface area contributed by atoms with Crippen LogP contribution in [0.4, 0.5) is 0 Å². The number of nitrogens with zero attached hydrogens (tertiary/aromatic N) is 7. The standard InChI is InChI=1S/C28H17N7/c1-2-6-20(7-3-1)35-33-23-9-4-8-21(27(23)34-35)22-14-12-18-10-11-19-13-15-24(28-29-16-5-17-30-28)32-26(19)25(18)31-22/h1-17H. The quantitative estimate of drug-likeness (QED) is 0.323. The second kappa shape index (κ2) is 7.78. The maximum absolute atomic E-state index is 5.06. The number of rotatable bonds is 3. The van der Waals surface area contributed by atoms with Gasteiger partial charge in [0.05, 0.1) is 22.4 Å². The topological polar surface area (TPSA) is 82.3 Å². The largest absolute Gasteiger partial charge is 0.245 e. The van der Waals surface area contributed by atoms with E-state index < -0.39 is 0 Å². The van der Waals surface area contributed by atoms with E-state index in [-0.39, 0.29) is 0 Å². The minimum Gasteiger partial charge on any atom is -0.245 e. The molecule has 0 aliphatic carbocycles. The van der Waals surface area contributed by atoms with E-state index >= 15 is 0 Å². The Labute approximate surface area is 199 Å². The van der Waals surface area contributed by atoms with Gasteiger partial charge >= 0.3 is 0 Å². The van der Waals surface area contributed by atoms with Gasteiger partial charge in [0.2, 0.25) is 0 Å². The van der Waals surface area contributed by atoms with Crippen LogP contribution in [0.1, 0.15) is 0 Å². The summed E-state index contributed by atoms with van der Waals surface area (Å²) in [5.74, 6) is 0.588. The lowest BCUT2D eigenvalue weighted by molar-refractivity contribution is 0.766. The zero-order valence-electron chi connectivity index (χ0n) is 18.4. The monoisotopic (exact) mass is 451 g/mol. The summed E-state index contributed by atoms with van der Waals surface area (Å²) >= 11 is 0. The number of pyridine rings is 2. The SMILES string of the molecule is c1ccc(-n2nc3cccc(-c4ccc5ccc6ccc(-c7ncccn7)nc6c5n4)c3n2)cc1. The number of para-hydroxylation sites is 1. The molecular formula is C28H17N7. The summed E-state index contributed by atoms with van der Waals surface area (Å²) in [5.41, 5.74) is 6.62. The van der Waals surface area contributed by atoms with E-state index in [1.54, 1.807) is 23.3 Å². The Morgan fingerprint density at radius 3 is 1.97 bits per heavy atom. The normalized spacial score (nSPS) is 11.4. The number of benzene rings is 3. The van der Waals surface area contributed by atoms with E-state index in [1.165, 1.54) is 0 Å². The van der Waals surface area contributed by atoms with Crippen molar-refractivity contribution < 1.29 is 0 Å². The van der Waals surface area contributed by atoms with E-state index in [0.717, 1.165) is 49.8 Å². The Morgan fingerprint density at radius 2 is 1.20 bits per heavy atom. The first kappa shape index (κ1) is 19.4. The molecular weight excluding hydrogens is 434 g/mol. The van der Waals surface area contributed by atoms with E-state index in [0.29, 0.717) is 11.5 Å². The van der Waals surface area contributed by atoms with E-state index in [1.807, 2.05) is 66.7 Å². The molecule has 164 valence electrons. The molecule has 7 nitrogen and oxygen atoms in total. The van der Waals surface area contributed by atoms with Crippen LogP contribution in [0.3, 0.4) is 0 Å². The lowest BCUT2D eigenvalue weighted by atomic mass is 10.1. The first-order chi connectivity index (χ1) is 17.3. The summed E-state index contributed by atoms with van der Waals surface area (Å²) in [5, 5.41) is 11.5. The Kier molecular flexibility index (Phi) is 4.32. The van der Waals surface area contributed by atoms with Gasteiger partial charge in [0.15, 0.2) is 5.82 Å². The molecule has 4 heterocycles. The second-order valence-corrected chi connectivity index (χ2v) is 8.17. The number of fused-ring (bicyclic) bond motifs is 4. The summed E-state index contributed by atoms with van der Waals surface area (Å²) < 4.78 is 0. The zero-order chi connectivity index (χ0) is 23.2. The molecule has 0 aliphatic heterocycles. The van der Waals surface area contributed by atoms with Gasteiger partial charge in [-0.1, -0.05) is 54.6 Å². The van der Waals surface area contributed by atoms with E-state index in [2.05, 4.69) is 33.3 Å². The van der Waals surface area contributed by atoms with Gasteiger partial charge < -0.3 is 0 Å². The first-order valence-electron chi connectivity index (χ1n) is 11.2. The summed E-state index contributed by atoms with van der Waals surface area (Å²) in [6.45, 7) is 0. The van der Waals surface area contributed by atoms with Crippen molar-refractivity contribution in [2.45, 2.75) is 0 Å². The molecule has 0 bridgehead atoms. The smallest absolute Gasteiger partial charge is 0.178 e. The third kappa shape index (κ3) is 3.29. The lowest BCUT2D eigenvalue weighted by Gasteiger charge is -2.07. The highest BCUT2D eigenvalue weighted by atomic mass is 15.5. The highest BCUT2D eigenvalue weighted by molar-refractivity contribution is 6.04. The van der Waals surface area contributed by atoms with E-state index in [4.69, 9.17) is 15.1 Å². The van der Waals surface area contributed by atoms with Crippen LogP contribution in [0.2, 0.25) is 0 Å². The van der Waals surface area contributed by atoms with Gasteiger partial charge in [-0.3, -0.25) is 0 Å². The van der Waals surface area contributed by atoms with Crippen molar-refractivity contribution in [2.24, 2.45) is 0 Å². The van der Waals surface area contributed by atoms with Crippen LogP contribution in [0.25, 0.3) is 61.3 Å². The minimum absolute atomic E-state index is 0.588. The molecule has 4 aromatic heterocycles. The van der Waals surface area contributed by atoms with Crippen molar-refractivity contribution in [3.63, 3.8) is 0 Å². The Bertz CT molecular complexity index is 1840. The van der Waals surface area contributed by atoms with Gasteiger partial charge in [0.25, 0.3) is 0 Å². The van der Waals surface area contributed by atoms with Crippen LogP contribution in [0.15, 0.2) is 103 Å². The fraction of sp³-hybridized carbons (Fsp3) is 0. The average molecular weight is 451 g/mol. The fourth-order valence-electron chi connectivity index (χ4n) is 4.29. The lowest BCUT2D eigenvalue weighted by Crippen LogP contribution is -1.97. The van der Waals surface area contributed by atoms with Crippen LogP contribution in [-0.4, -0.2) is 34.9 Å². The van der Waals surface area contributed by atoms with Crippen LogP contribution in [0.5, 0.6) is 0 Å². The molecule has 0 saturated heterocycles. The Morgan fingerprint density at radius 1 is 0.514 bits per heavy atom. The van der Waals surface area contributed by atoms with E-state index in [9.17, 15) is 0 Å².